The second kappa shape index (κ2) is 5.46. The van der Waals surface area contributed by atoms with Gasteiger partial charge in [-0.2, -0.15) is 16.7 Å². The Kier molecular flexibility index (Phi) is 3.33. The molecule has 1 atom stereocenters. The molecule has 1 aromatic carbocycles. The average molecular weight is 298 g/mol. The standard InChI is InChI=1S/C15H14N4OS/c1-2-4-11-10(3-1)5-6-12(17-11)14-18-15(20-19-14)13-9-21-8-7-16-13/h1-6,13,16H,7-9H2. The molecule has 0 aliphatic carbocycles. The van der Waals surface area contributed by atoms with Crippen molar-refractivity contribution in [2.45, 2.75) is 6.04 Å². The smallest absolute Gasteiger partial charge is 0.244 e. The number of nitrogens with one attached hydrogen (secondary N) is 1. The molecule has 0 radical (unpaired) electrons. The molecule has 21 heavy (non-hydrogen) atoms. The molecule has 0 amide bonds. The van der Waals surface area contributed by atoms with E-state index in [9.17, 15) is 0 Å². The van der Waals surface area contributed by atoms with Crippen molar-refractivity contribution >= 4 is 22.7 Å². The molecule has 0 saturated carbocycles. The van der Waals surface area contributed by atoms with E-state index in [-0.39, 0.29) is 6.04 Å². The van der Waals surface area contributed by atoms with Crippen LogP contribution in [-0.4, -0.2) is 33.2 Å². The van der Waals surface area contributed by atoms with Gasteiger partial charge in [-0.15, -0.1) is 0 Å². The lowest BCUT2D eigenvalue weighted by Gasteiger charge is -2.19. The predicted octanol–water partition coefficient (Wildman–Crippen LogP) is 2.66. The number of thioether (sulfide) groups is 1. The van der Waals surface area contributed by atoms with E-state index in [1.807, 2.05) is 48.2 Å². The maximum absolute atomic E-state index is 5.39. The van der Waals surface area contributed by atoms with Gasteiger partial charge in [0.2, 0.25) is 11.7 Å². The number of hydrogen-bond acceptors (Lipinski definition) is 6. The Morgan fingerprint density at radius 3 is 3.00 bits per heavy atom. The normalized spacial score (nSPS) is 19.0. The summed E-state index contributed by atoms with van der Waals surface area (Å²) in [5.41, 5.74) is 1.68. The highest BCUT2D eigenvalue weighted by Gasteiger charge is 2.22. The fourth-order valence-corrected chi connectivity index (χ4v) is 3.32. The number of nitrogens with zero attached hydrogens (tertiary/aromatic N) is 3. The van der Waals surface area contributed by atoms with Gasteiger partial charge < -0.3 is 9.84 Å². The minimum atomic E-state index is 0.144. The number of hydrogen-bond donors (Lipinski definition) is 1. The fraction of sp³-hybridized carbons (Fsp3) is 0.267. The number of aromatic nitrogens is 3. The van der Waals surface area contributed by atoms with Crippen molar-refractivity contribution in [3.63, 3.8) is 0 Å². The van der Waals surface area contributed by atoms with Gasteiger partial charge in [-0.3, -0.25) is 0 Å². The number of pyridine rings is 1. The topological polar surface area (TPSA) is 63.8 Å². The molecule has 0 spiro atoms. The van der Waals surface area contributed by atoms with Gasteiger partial charge in [0.25, 0.3) is 0 Å². The van der Waals surface area contributed by atoms with Crippen molar-refractivity contribution in [3.8, 4) is 11.5 Å². The first-order valence-electron chi connectivity index (χ1n) is 6.91. The molecule has 2 aromatic heterocycles. The maximum Gasteiger partial charge on any atom is 0.244 e. The molecular weight excluding hydrogens is 284 g/mol. The summed E-state index contributed by atoms with van der Waals surface area (Å²) in [6.45, 7) is 0.973. The minimum Gasteiger partial charge on any atom is -0.337 e. The van der Waals surface area contributed by atoms with E-state index in [1.165, 1.54) is 0 Å². The highest BCUT2D eigenvalue weighted by Crippen LogP contribution is 2.23. The quantitative estimate of drug-likeness (QED) is 0.784. The van der Waals surface area contributed by atoms with Gasteiger partial charge in [0, 0.05) is 23.4 Å². The Bertz CT molecular complexity index is 767. The van der Waals surface area contributed by atoms with Crippen molar-refractivity contribution in [3.05, 3.63) is 42.3 Å². The Morgan fingerprint density at radius 1 is 1.14 bits per heavy atom. The first-order valence-corrected chi connectivity index (χ1v) is 8.06. The van der Waals surface area contributed by atoms with E-state index in [1.54, 1.807) is 0 Å². The number of para-hydroxylation sites is 1. The zero-order valence-electron chi connectivity index (χ0n) is 11.3. The van der Waals surface area contributed by atoms with E-state index >= 15 is 0 Å². The van der Waals surface area contributed by atoms with Gasteiger partial charge in [-0.25, -0.2) is 4.98 Å². The predicted molar refractivity (Wildman–Crippen MR) is 83.1 cm³/mol. The Labute approximate surface area is 126 Å². The Balaban J connectivity index is 1.67. The monoisotopic (exact) mass is 298 g/mol. The first kappa shape index (κ1) is 12.8. The Hall–Kier alpha value is -1.92. The van der Waals surface area contributed by atoms with Crippen LogP contribution in [0.1, 0.15) is 11.9 Å². The van der Waals surface area contributed by atoms with Gasteiger partial charge in [0.1, 0.15) is 5.69 Å². The lowest BCUT2D eigenvalue weighted by atomic mass is 10.2. The van der Waals surface area contributed by atoms with Crippen LogP contribution in [0.4, 0.5) is 0 Å². The van der Waals surface area contributed by atoms with Crippen molar-refractivity contribution in [2.24, 2.45) is 0 Å². The summed E-state index contributed by atoms with van der Waals surface area (Å²) in [6.07, 6.45) is 0. The molecule has 1 unspecified atom stereocenters. The summed E-state index contributed by atoms with van der Waals surface area (Å²) in [5.74, 6) is 3.29. The molecule has 1 aliphatic heterocycles. The maximum atomic E-state index is 5.39. The molecule has 106 valence electrons. The van der Waals surface area contributed by atoms with Gasteiger partial charge in [0.05, 0.1) is 11.6 Å². The molecular formula is C15H14N4OS. The van der Waals surface area contributed by atoms with Gasteiger partial charge in [-0.05, 0) is 12.1 Å². The third-order valence-electron chi connectivity index (χ3n) is 3.49. The molecule has 1 aliphatic rings. The van der Waals surface area contributed by atoms with Crippen LogP contribution in [-0.2, 0) is 0 Å². The number of fused-ring (bicyclic) bond motifs is 1. The summed E-state index contributed by atoms with van der Waals surface area (Å²) in [5, 5.41) is 8.57. The van der Waals surface area contributed by atoms with E-state index in [4.69, 9.17) is 4.52 Å². The zero-order chi connectivity index (χ0) is 14.1. The summed E-state index contributed by atoms with van der Waals surface area (Å²) in [7, 11) is 0. The van der Waals surface area contributed by atoms with Gasteiger partial charge >= 0.3 is 0 Å². The largest absolute Gasteiger partial charge is 0.337 e. The number of rotatable bonds is 2. The van der Waals surface area contributed by atoms with Crippen LogP contribution >= 0.6 is 11.8 Å². The Morgan fingerprint density at radius 2 is 2.10 bits per heavy atom. The molecule has 3 heterocycles. The zero-order valence-corrected chi connectivity index (χ0v) is 12.1. The number of benzene rings is 1. The van der Waals surface area contributed by atoms with Crippen molar-refractivity contribution in [1.82, 2.24) is 20.4 Å². The van der Waals surface area contributed by atoms with Crippen LogP contribution in [0.25, 0.3) is 22.4 Å². The molecule has 1 saturated heterocycles. The lowest BCUT2D eigenvalue weighted by molar-refractivity contribution is 0.342. The van der Waals surface area contributed by atoms with Crippen LogP contribution < -0.4 is 5.32 Å². The summed E-state index contributed by atoms with van der Waals surface area (Å²) >= 11 is 1.90. The van der Waals surface area contributed by atoms with E-state index in [0.29, 0.717) is 11.7 Å². The molecule has 1 N–H and O–H groups in total. The highest BCUT2D eigenvalue weighted by molar-refractivity contribution is 7.99. The minimum absolute atomic E-state index is 0.144. The molecule has 4 rings (SSSR count). The van der Waals surface area contributed by atoms with Crippen LogP contribution in [0, 0.1) is 0 Å². The van der Waals surface area contributed by atoms with Crippen molar-refractivity contribution in [1.29, 1.82) is 0 Å². The van der Waals surface area contributed by atoms with E-state index in [0.717, 1.165) is 34.6 Å². The summed E-state index contributed by atoms with van der Waals surface area (Å²) in [6, 6.07) is 12.1. The second-order valence-electron chi connectivity index (χ2n) is 4.93. The van der Waals surface area contributed by atoms with Crippen molar-refractivity contribution < 1.29 is 4.52 Å². The van der Waals surface area contributed by atoms with Crippen LogP contribution in [0.2, 0.25) is 0 Å². The SMILES string of the molecule is c1ccc2nc(-c3noc(C4CSCCN4)n3)ccc2c1. The fourth-order valence-electron chi connectivity index (χ4n) is 2.40. The summed E-state index contributed by atoms with van der Waals surface area (Å²) in [4.78, 5) is 9.09. The van der Waals surface area contributed by atoms with Crippen LogP contribution in [0.3, 0.4) is 0 Å². The molecule has 0 bridgehead atoms. The summed E-state index contributed by atoms with van der Waals surface area (Å²) < 4.78 is 5.39. The first-order chi connectivity index (χ1) is 10.4. The highest BCUT2D eigenvalue weighted by atomic mass is 32.2. The van der Waals surface area contributed by atoms with Crippen molar-refractivity contribution in [2.75, 3.05) is 18.1 Å². The molecule has 5 nitrogen and oxygen atoms in total. The molecule has 3 aromatic rings. The second-order valence-corrected chi connectivity index (χ2v) is 6.08. The van der Waals surface area contributed by atoms with Gasteiger partial charge in [0.15, 0.2) is 0 Å². The van der Waals surface area contributed by atoms with E-state index < -0.39 is 0 Å². The molecule has 6 heteroatoms. The van der Waals surface area contributed by atoms with E-state index in [2.05, 4.69) is 20.4 Å². The third kappa shape index (κ3) is 2.52. The lowest BCUT2D eigenvalue weighted by Crippen LogP contribution is -2.30. The average Bonchev–Trinajstić information content (AvgIpc) is 3.05. The molecule has 1 fully saturated rings. The van der Waals surface area contributed by atoms with Gasteiger partial charge in [-0.1, -0.05) is 29.4 Å². The third-order valence-corrected chi connectivity index (χ3v) is 4.55. The van der Waals surface area contributed by atoms with Crippen LogP contribution in [0.5, 0.6) is 0 Å². The van der Waals surface area contributed by atoms with Crippen LogP contribution in [0.15, 0.2) is 40.9 Å².